The number of rotatable bonds is 22. The van der Waals surface area contributed by atoms with Crippen molar-refractivity contribution in [1.82, 2.24) is 0 Å². The number of phenolic OH excluding ortho intramolecular Hbond substituents is 2. The minimum Gasteiger partial charge on any atom is -0.507 e. The SMILES string of the molecule is CCOC(=O)CSCc1cc(Cc2cc(CSCC(=O)OCC)c(O)c(CSCC(=O)OCC)c2)cc(CSCC(=O)OCC)c1O. The maximum absolute atomic E-state index is 11.9. The number of carbonyl (C=O) groups excluding carboxylic acids is 4. The summed E-state index contributed by atoms with van der Waals surface area (Å²) in [6, 6.07) is 7.57. The molecule has 2 aromatic carbocycles. The predicted octanol–water partition coefficient (Wildman–Crippen LogP) is 5.87. The van der Waals surface area contributed by atoms with Crippen LogP contribution in [-0.2, 0) is 67.6 Å². The van der Waals surface area contributed by atoms with Gasteiger partial charge in [0.25, 0.3) is 0 Å². The molecule has 0 fully saturated rings. The van der Waals surface area contributed by atoms with Gasteiger partial charge in [0.15, 0.2) is 0 Å². The van der Waals surface area contributed by atoms with Crippen LogP contribution < -0.4 is 0 Å². The maximum Gasteiger partial charge on any atom is 0.315 e. The molecule has 2 rings (SSSR count). The van der Waals surface area contributed by atoms with Crippen LogP contribution in [0.15, 0.2) is 24.3 Å². The van der Waals surface area contributed by atoms with E-state index in [1.165, 1.54) is 47.0 Å². The smallest absolute Gasteiger partial charge is 0.315 e. The Morgan fingerprint density at radius 3 is 0.936 bits per heavy atom. The molecule has 0 amide bonds. The van der Waals surface area contributed by atoms with Crippen LogP contribution in [-0.4, -0.2) is 83.5 Å². The quantitative estimate of drug-likeness (QED) is 0.110. The summed E-state index contributed by atoms with van der Waals surface area (Å²) in [5.41, 5.74) is 4.38. The number of hydrogen-bond acceptors (Lipinski definition) is 14. The van der Waals surface area contributed by atoms with Crippen molar-refractivity contribution < 1.29 is 48.3 Å². The molecule has 0 saturated carbocycles. The van der Waals surface area contributed by atoms with Crippen LogP contribution in [0.25, 0.3) is 0 Å². The highest BCUT2D eigenvalue weighted by Gasteiger charge is 2.17. The fourth-order valence-electron chi connectivity index (χ4n) is 4.33. The van der Waals surface area contributed by atoms with Crippen LogP contribution in [0.5, 0.6) is 11.5 Å². The van der Waals surface area contributed by atoms with Crippen LogP contribution in [0.4, 0.5) is 0 Å². The van der Waals surface area contributed by atoms with Gasteiger partial charge in [0, 0.05) is 45.3 Å². The number of thioether (sulfide) groups is 4. The largest absolute Gasteiger partial charge is 0.507 e. The summed E-state index contributed by atoms with van der Waals surface area (Å²) in [5, 5.41) is 22.3. The second-order valence-corrected chi connectivity index (χ2v) is 13.8. The number of esters is 4. The third-order valence-electron chi connectivity index (χ3n) is 6.19. The Morgan fingerprint density at radius 2 is 0.723 bits per heavy atom. The first kappa shape index (κ1) is 40.5. The van der Waals surface area contributed by atoms with Crippen molar-refractivity contribution >= 4 is 70.9 Å². The molecule has 0 heterocycles. The van der Waals surface area contributed by atoms with Gasteiger partial charge in [-0.1, -0.05) is 24.3 Å². The summed E-state index contributed by atoms with van der Waals surface area (Å²) in [6.45, 7) is 8.16. The van der Waals surface area contributed by atoms with E-state index in [4.69, 9.17) is 18.9 Å². The molecule has 2 aromatic rings. The van der Waals surface area contributed by atoms with Crippen molar-refractivity contribution in [3.05, 3.63) is 57.6 Å². The van der Waals surface area contributed by atoms with E-state index in [2.05, 4.69) is 0 Å². The zero-order valence-corrected chi connectivity index (χ0v) is 30.6. The lowest BCUT2D eigenvalue weighted by Crippen LogP contribution is -2.08. The summed E-state index contributed by atoms with van der Waals surface area (Å²) in [4.78, 5) is 47.6. The summed E-state index contributed by atoms with van der Waals surface area (Å²) in [7, 11) is 0. The molecule has 0 aliphatic carbocycles. The molecule has 47 heavy (non-hydrogen) atoms. The van der Waals surface area contributed by atoms with Crippen LogP contribution in [0.2, 0.25) is 0 Å². The van der Waals surface area contributed by atoms with Crippen molar-refractivity contribution in [2.24, 2.45) is 0 Å². The van der Waals surface area contributed by atoms with Gasteiger partial charge in [-0.3, -0.25) is 19.2 Å². The van der Waals surface area contributed by atoms with E-state index in [1.807, 2.05) is 24.3 Å². The predicted molar refractivity (Wildman–Crippen MR) is 190 cm³/mol. The molecule has 2 N–H and O–H groups in total. The molecule has 0 aliphatic rings. The first-order valence-electron chi connectivity index (χ1n) is 15.2. The van der Waals surface area contributed by atoms with Gasteiger partial charge in [0.2, 0.25) is 0 Å². The van der Waals surface area contributed by atoms with Gasteiger partial charge in [-0.05, 0) is 45.2 Å². The van der Waals surface area contributed by atoms with Crippen molar-refractivity contribution in [2.45, 2.75) is 57.1 Å². The Balaban J connectivity index is 2.38. The number of aromatic hydroxyl groups is 2. The van der Waals surface area contributed by atoms with Crippen molar-refractivity contribution in [1.29, 1.82) is 0 Å². The van der Waals surface area contributed by atoms with Crippen LogP contribution >= 0.6 is 47.0 Å². The number of ether oxygens (including phenoxy) is 4. The zero-order valence-electron chi connectivity index (χ0n) is 27.3. The van der Waals surface area contributed by atoms with Crippen LogP contribution in [0.3, 0.4) is 0 Å². The van der Waals surface area contributed by atoms with Crippen molar-refractivity contribution in [2.75, 3.05) is 49.4 Å². The standard InChI is InChI=1S/C33H44O10S4/c1-5-40-28(34)18-44-14-24-10-22(11-25(32(24)38)15-45-19-29(35)41-6-2)9-23-12-26(16-46-20-30(36)42-7-3)33(39)27(13-23)17-47-21-31(37)43-8-4/h10-13,38-39H,5-9,14-21H2,1-4H3. The molecule has 260 valence electrons. The summed E-state index contributed by atoms with van der Waals surface area (Å²) in [6.07, 6.45) is 0.455. The highest BCUT2D eigenvalue weighted by molar-refractivity contribution is 7.99. The first-order valence-corrected chi connectivity index (χ1v) is 19.8. The molecule has 0 radical (unpaired) electrons. The third kappa shape index (κ3) is 15.4. The zero-order chi connectivity index (χ0) is 34.6. The molecule has 0 aliphatic heterocycles. The third-order valence-corrected chi connectivity index (χ3v) is 10.0. The fraction of sp³-hybridized carbons (Fsp3) is 0.515. The number of phenols is 2. The van der Waals surface area contributed by atoms with Gasteiger partial charge in [0.05, 0.1) is 49.4 Å². The monoisotopic (exact) mass is 728 g/mol. The lowest BCUT2D eigenvalue weighted by Gasteiger charge is -2.16. The molecule has 14 heteroatoms. The summed E-state index contributed by atoms with van der Waals surface area (Å²) in [5.74, 6) is 0.947. The minimum absolute atomic E-state index is 0.110. The van der Waals surface area contributed by atoms with E-state index in [0.717, 1.165) is 11.1 Å². The Morgan fingerprint density at radius 1 is 0.489 bits per heavy atom. The topological polar surface area (TPSA) is 146 Å². The molecule has 0 atom stereocenters. The van der Waals surface area contributed by atoms with Gasteiger partial charge in [-0.25, -0.2) is 0 Å². The molecular weight excluding hydrogens is 685 g/mol. The molecule has 0 saturated heterocycles. The van der Waals surface area contributed by atoms with Crippen molar-refractivity contribution in [3.8, 4) is 11.5 Å². The minimum atomic E-state index is -0.329. The first-order chi connectivity index (χ1) is 22.6. The van der Waals surface area contributed by atoms with Gasteiger partial charge in [-0.15, -0.1) is 47.0 Å². The average molecular weight is 729 g/mol. The molecule has 0 unspecified atom stereocenters. The Kier molecular flexibility index (Phi) is 19.7. The molecule has 0 bridgehead atoms. The summed E-state index contributed by atoms with van der Waals surface area (Å²) >= 11 is 5.34. The fourth-order valence-corrected chi connectivity index (χ4v) is 7.50. The molecule has 0 spiro atoms. The van der Waals surface area contributed by atoms with E-state index >= 15 is 0 Å². The highest BCUT2D eigenvalue weighted by atomic mass is 32.2. The average Bonchev–Trinajstić information content (AvgIpc) is 3.01. The summed E-state index contributed by atoms with van der Waals surface area (Å²) < 4.78 is 20.1. The van der Waals surface area contributed by atoms with E-state index in [9.17, 15) is 29.4 Å². The van der Waals surface area contributed by atoms with Gasteiger partial charge in [-0.2, -0.15) is 0 Å². The molecule has 10 nitrogen and oxygen atoms in total. The van der Waals surface area contributed by atoms with Gasteiger partial charge >= 0.3 is 23.9 Å². The van der Waals surface area contributed by atoms with Crippen LogP contribution in [0, 0.1) is 0 Å². The lowest BCUT2D eigenvalue weighted by molar-refractivity contribution is -0.140. The lowest BCUT2D eigenvalue weighted by atomic mass is 9.97. The van der Waals surface area contributed by atoms with E-state index in [-0.39, 0.29) is 58.4 Å². The second kappa shape index (κ2) is 22.8. The van der Waals surface area contributed by atoms with Crippen LogP contribution in [0.1, 0.15) is 61.1 Å². The Labute approximate surface area is 293 Å². The molecular formula is C33H44O10S4. The molecule has 0 aromatic heterocycles. The number of hydrogen-bond donors (Lipinski definition) is 2. The Bertz CT molecular complexity index is 1140. The number of carbonyl (C=O) groups is 4. The van der Waals surface area contributed by atoms with Gasteiger partial charge in [0.1, 0.15) is 11.5 Å². The maximum atomic E-state index is 11.9. The highest BCUT2D eigenvalue weighted by Crippen LogP contribution is 2.35. The second-order valence-electron chi connectivity index (χ2n) is 9.89. The van der Waals surface area contributed by atoms with E-state index < -0.39 is 0 Å². The Hall–Kier alpha value is -2.68. The van der Waals surface area contributed by atoms with Gasteiger partial charge < -0.3 is 29.2 Å². The van der Waals surface area contributed by atoms with Crippen molar-refractivity contribution in [3.63, 3.8) is 0 Å². The van der Waals surface area contributed by atoms with E-state index in [0.29, 0.717) is 78.1 Å². The number of benzene rings is 2. The van der Waals surface area contributed by atoms with E-state index in [1.54, 1.807) is 27.7 Å². The normalized spacial score (nSPS) is 10.8.